The Bertz CT molecular complexity index is 403. The van der Waals surface area contributed by atoms with E-state index in [4.69, 9.17) is 11.6 Å². The van der Waals surface area contributed by atoms with Crippen LogP contribution in [0.25, 0.3) is 0 Å². The second kappa shape index (κ2) is 6.27. The maximum atomic E-state index is 6.27. The maximum Gasteiger partial charge on any atom is 0.0467 e. The van der Waals surface area contributed by atoms with Crippen molar-refractivity contribution in [2.45, 2.75) is 24.2 Å². The summed E-state index contributed by atoms with van der Waals surface area (Å²) < 4.78 is 0. The van der Waals surface area contributed by atoms with Gasteiger partial charge < -0.3 is 9.80 Å². The molecule has 0 amide bonds. The average molecular weight is 332 g/mol. The molecule has 0 N–H and O–H groups in total. The summed E-state index contributed by atoms with van der Waals surface area (Å²) >= 11 is 9.81. The number of benzene rings is 1. The molecule has 1 fully saturated rings. The molecule has 1 aliphatic rings. The molecule has 0 saturated carbocycles. The number of halogens is 2. The Morgan fingerprint density at radius 1 is 1.39 bits per heavy atom. The molecule has 0 radical (unpaired) electrons. The third kappa shape index (κ3) is 3.01. The van der Waals surface area contributed by atoms with E-state index in [1.54, 1.807) is 0 Å². The van der Waals surface area contributed by atoms with Gasteiger partial charge in [-0.1, -0.05) is 33.6 Å². The first-order chi connectivity index (χ1) is 8.63. The van der Waals surface area contributed by atoms with Gasteiger partial charge in [-0.3, -0.25) is 0 Å². The molecule has 4 heteroatoms. The van der Waals surface area contributed by atoms with E-state index in [1.165, 1.54) is 37.2 Å². The van der Waals surface area contributed by atoms with Gasteiger partial charge in [0, 0.05) is 34.7 Å². The average Bonchev–Trinajstić information content (AvgIpc) is 2.38. The van der Waals surface area contributed by atoms with Crippen molar-refractivity contribution in [1.29, 1.82) is 0 Å². The molecule has 18 heavy (non-hydrogen) atoms. The molecule has 100 valence electrons. The van der Waals surface area contributed by atoms with Crippen molar-refractivity contribution in [3.8, 4) is 0 Å². The Balaban J connectivity index is 2.18. The van der Waals surface area contributed by atoms with E-state index in [0.29, 0.717) is 6.04 Å². The summed E-state index contributed by atoms with van der Waals surface area (Å²) in [6.45, 7) is 2.36. The van der Waals surface area contributed by atoms with E-state index in [1.807, 2.05) is 12.1 Å². The van der Waals surface area contributed by atoms with Crippen LogP contribution in [0.3, 0.4) is 0 Å². The zero-order valence-electron chi connectivity index (χ0n) is 11.0. The minimum atomic E-state index is 0.623. The Labute approximate surface area is 123 Å². The summed E-state index contributed by atoms with van der Waals surface area (Å²) in [4.78, 5) is 4.79. The van der Waals surface area contributed by atoms with Crippen molar-refractivity contribution in [2.75, 3.05) is 32.1 Å². The van der Waals surface area contributed by atoms with E-state index >= 15 is 0 Å². The highest BCUT2D eigenvalue weighted by atomic mass is 79.9. The summed E-state index contributed by atoms with van der Waals surface area (Å²) in [6.07, 6.45) is 2.45. The molecule has 0 aromatic heterocycles. The van der Waals surface area contributed by atoms with Gasteiger partial charge in [-0.15, -0.1) is 0 Å². The van der Waals surface area contributed by atoms with Crippen molar-refractivity contribution < 1.29 is 0 Å². The van der Waals surface area contributed by atoms with Crippen LogP contribution < -0.4 is 4.90 Å². The van der Waals surface area contributed by atoms with E-state index in [2.05, 4.69) is 45.9 Å². The highest BCUT2D eigenvalue weighted by Gasteiger charge is 2.22. The van der Waals surface area contributed by atoms with Gasteiger partial charge in [0.1, 0.15) is 0 Å². The number of rotatable bonds is 3. The number of hydrogen-bond donors (Lipinski definition) is 0. The largest absolute Gasteiger partial charge is 0.371 e. The van der Waals surface area contributed by atoms with Gasteiger partial charge in [0.25, 0.3) is 0 Å². The van der Waals surface area contributed by atoms with Crippen LogP contribution in [0.2, 0.25) is 5.02 Å². The first-order valence-corrected chi connectivity index (χ1v) is 7.88. The number of hydrogen-bond acceptors (Lipinski definition) is 2. The molecular formula is C14H20BrClN2. The fraction of sp³-hybridized carbons (Fsp3) is 0.571. The molecule has 0 unspecified atom stereocenters. The minimum absolute atomic E-state index is 0.623. The van der Waals surface area contributed by atoms with E-state index in [-0.39, 0.29) is 0 Å². The van der Waals surface area contributed by atoms with Gasteiger partial charge in [0.2, 0.25) is 0 Å². The van der Waals surface area contributed by atoms with Gasteiger partial charge >= 0.3 is 0 Å². The molecule has 0 spiro atoms. The van der Waals surface area contributed by atoms with Gasteiger partial charge in [-0.05, 0) is 45.1 Å². The van der Waals surface area contributed by atoms with Crippen LogP contribution >= 0.6 is 27.5 Å². The molecule has 1 aromatic carbocycles. The molecule has 0 bridgehead atoms. The van der Waals surface area contributed by atoms with Gasteiger partial charge in [0.15, 0.2) is 0 Å². The Hall–Kier alpha value is -0.250. The van der Waals surface area contributed by atoms with Crippen LogP contribution in [0.5, 0.6) is 0 Å². The van der Waals surface area contributed by atoms with Gasteiger partial charge in [-0.2, -0.15) is 0 Å². The lowest BCUT2D eigenvalue weighted by atomic mass is 10.0. The molecule has 2 nitrogen and oxygen atoms in total. The van der Waals surface area contributed by atoms with E-state index in [0.717, 1.165) is 10.4 Å². The second-order valence-electron chi connectivity index (χ2n) is 5.02. The molecule has 1 aliphatic heterocycles. The summed E-state index contributed by atoms with van der Waals surface area (Å²) in [7, 11) is 4.38. The van der Waals surface area contributed by atoms with Crippen molar-refractivity contribution in [3.05, 3.63) is 28.8 Å². The smallest absolute Gasteiger partial charge is 0.0467 e. The highest BCUT2D eigenvalue weighted by molar-refractivity contribution is 9.08. The highest BCUT2D eigenvalue weighted by Crippen LogP contribution is 2.31. The Morgan fingerprint density at radius 2 is 2.06 bits per heavy atom. The number of likely N-dealkylation sites (tertiary alicyclic amines) is 1. The van der Waals surface area contributed by atoms with E-state index < -0.39 is 0 Å². The number of alkyl halides is 1. The van der Waals surface area contributed by atoms with Crippen LogP contribution in [0, 0.1) is 0 Å². The summed E-state index contributed by atoms with van der Waals surface area (Å²) in [5.74, 6) is 0. The SMILES string of the molecule is CN1CCC(N(C)c2cccc(Cl)c2CBr)CC1. The van der Waals surface area contributed by atoms with E-state index in [9.17, 15) is 0 Å². The standard InChI is InChI=1S/C14H20BrClN2/c1-17-8-6-11(7-9-17)18(2)14-5-3-4-13(16)12(14)10-15/h3-5,11H,6-10H2,1-2H3. The van der Waals surface area contributed by atoms with Crippen molar-refractivity contribution in [1.82, 2.24) is 4.90 Å². The second-order valence-corrected chi connectivity index (χ2v) is 5.98. The van der Waals surface area contributed by atoms with Crippen molar-refractivity contribution in [2.24, 2.45) is 0 Å². The quantitative estimate of drug-likeness (QED) is 0.778. The van der Waals surface area contributed by atoms with Gasteiger partial charge in [-0.25, -0.2) is 0 Å². The lowest BCUT2D eigenvalue weighted by Gasteiger charge is -2.37. The molecule has 2 rings (SSSR count). The van der Waals surface area contributed by atoms with Crippen LogP contribution in [0.4, 0.5) is 5.69 Å². The fourth-order valence-electron chi connectivity index (χ4n) is 2.59. The topological polar surface area (TPSA) is 6.48 Å². The van der Waals surface area contributed by atoms with Crippen LogP contribution in [-0.4, -0.2) is 38.1 Å². The number of piperidine rings is 1. The molecule has 1 aromatic rings. The lowest BCUT2D eigenvalue weighted by molar-refractivity contribution is 0.253. The lowest BCUT2D eigenvalue weighted by Crippen LogP contribution is -2.42. The summed E-state index contributed by atoms with van der Waals surface area (Å²) in [6, 6.07) is 6.79. The van der Waals surface area contributed by atoms with Crippen LogP contribution in [-0.2, 0) is 5.33 Å². The monoisotopic (exact) mass is 330 g/mol. The Kier molecular flexibility index (Phi) is 4.93. The molecular weight excluding hydrogens is 312 g/mol. The summed E-state index contributed by atoms with van der Waals surface area (Å²) in [5, 5.41) is 1.66. The molecule has 0 aliphatic carbocycles. The first kappa shape index (κ1) is 14.2. The molecule has 0 atom stereocenters. The van der Waals surface area contributed by atoms with Crippen LogP contribution in [0.1, 0.15) is 18.4 Å². The molecule has 1 heterocycles. The normalized spacial score (nSPS) is 18.0. The fourth-order valence-corrected chi connectivity index (χ4v) is 3.58. The minimum Gasteiger partial charge on any atom is -0.371 e. The zero-order valence-corrected chi connectivity index (χ0v) is 13.3. The summed E-state index contributed by atoms with van der Waals surface area (Å²) in [5.41, 5.74) is 2.45. The third-order valence-corrected chi connectivity index (χ3v) is 4.76. The predicted molar refractivity (Wildman–Crippen MR) is 83.0 cm³/mol. The maximum absolute atomic E-state index is 6.27. The first-order valence-electron chi connectivity index (χ1n) is 6.38. The zero-order chi connectivity index (χ0) is 13.1. The number of nitrogens with zero attached hydrogens (tertiary/aromatic N) is 2. The number of anilines is 1. The third-order valence-electron chi connectivity index (χ3n) is 3.84. The van der Waals surface area contributed by atoms with Crippen molar-refractivity contribution >= 4 is 33.2 Å². The predicted octanol–water partition coefficient (Wildman–Crippen LogP) is 3.77. The van der Waals surface area contributed by atoms with Gasteiger partial charge in [0.05, 0.1) is 0 Å². The Morgan fingerprint density at radius 3 is 2.67 bits per heavy atom. The van der Waals surface area contributed by atoms with Crippen molar-refractivity contribution in [3.63, 3.8) is 0 Å². The molecule has 1 saturated heterocycles. The van der Waals surface area contributed by atoms with Crippen LogP contribution in [0.15, 0.2) is 18.2 Å².